The van der Waals surface area contributed by atoms with Crippen LogP contribution in [0.5, 0.6) is 0 Å². The first kappa shape index (κ1) is 11.3. The summed E-state index contributed by atoms with van der Waals surface area (Å²) >= 11 is 0. The van der Waals surface area contributed by atoms with Crippen LogP contribution in [-0.4, -0.2) is 28.4 Å². The maximum Gasteiger partial charge on any atom is 0.149 e. The number of nitrogens with one attached hydrogen (secondary N) is 1. The maximum absolute atomic E-state index is 5.68. The van der Waals surface area contributed by atoms with Gasteiger partial charge in [0, 0.05) is 12.6 Å². The number of hydrogen-bond acceptors (Lipinski definition) is 4. The van der Waals surface area contributed by atoms with Gasteiger partial charge in [-0.25, -0.2) is 0 Å². The fourth-order valence-corrected chi connectivity index (χ4v) is 2.10. The van der Waals surface area contributed by atoms with E-state index in [1.54, 1.807) is 6.20 Å². The summed E-state index contributed by atoms with van der Waals surface area (Å²) in [5.74, 6) is 0.864. The van der Waals surface area contributed by atoms with E-state index in [0.29, 0.717) is 6.04 Å². The fourth-order valence-electron chi connectivity index (χ4n) is 2.10. The summed E-state index contributed by atoms with van der Waals surface area (Å²) in [5.41, 5.74) is 1.09. The highest BCUT2D eigenvalue weighted by Crippen LogP contribution is 2.25. The Morgan fingerprint density at radius 1 is 1.50 bits per heavy atom. The van der Waals surface area contributed by atoms with Gasteiger partial charge >= 0.3 is 0 Å². The molecule has 1 saturated heterocycles. The van der Waals surface area contributed by atoms with Crippen LogP contribution in [0.1, 0.15) is 32.3 Å². The van der Waals surface area contributed by atoms with Gasteiger partial charge in [0.15, 0.2) is 0 Å². The summed E-state index contributed by atoms with van der Waals surface area (Å²) < 4.78 is 5.68. The minimum absolute atomic E-state index is 0.0346. The summed E-state index contributed by atoms with van der Waals surface area (Å²) in [6, 6.07) is 2.45. The van der Waals surface area contributed by atoms with E-state index in [1.807, 2.05) is 13.0 Å². The smallest absolute Gasteiger partial charge is 0.149 e. The van der Waals surface area contributed by atoms with E-state index in [9.17, 15) is 0 Å². The molecule has 1 fully saturated rings. The third kappa shape index (κ3) is 2.92. The molecule has 1 aromatic heterocycles. The number of ether oxygens (including phenoxy) is 1. The van der Waals surface area contributed by atoms with Crippen molar-refractivity contribution >= 4 is 5.82 Å². The zero-order valence-electron chi connectivity index (χ0n) is 10.2. The highest BCUT2D eigenvalue weighted by molar-refractivity contribution is 5.36. The lowest BCUT2D eigenvalue weighted by molar-refractivity contribution is -0.0553. The molecule has 0 aliphatic carbocycles. The van der Waals surface area contributed by atoms with Crippen molar-refractivity contribution in [3.63, 3.8) is 0 Å². The predicted octanol–water partition coefficient (Wildman–Crippen LogP) is 2.15. The van der Waals surface area contributed by atoms with Gasteiger partial charge in [-0.15, -0.1) is 5.10 Å². The number of rotatable bonds is 2. The standard InChI is InChI=1S/C12H19N3O/c1-9-6-11(15-13-8-9)14-10-4-5-16-12(2,3)7-10/h6,8,10H,4-5,7H2,1-3H3,(H,14,15). The highest BCUT2D eigenvalue weighted by Gasteiger charge is 2.28. The number of aryl methyl sites for hydroxylation is 1. The Morgan fingerprint density at radius 2 is 2.31 bits per heavy atom. The summed E-state index contributed by atoms with van der Waals surface area (Å²) in [4.78, 5) is 0. The minimum Gasteiger partial charge on any atom is -0.375 e. The van der Waals surface area contributed by atoms with Crippen molar-refractivity contribution in [3.8, 4) is 0 Å². The third-order valence-corrected chi connectivity index (χ3v) is 2.84. The van der Waals surface area contributed by atoms with Crippen LogP contribution in [0.15, 0.2) is 12.3 Å². The molecule has 0 spiro atoms. The van der Waals surface area contributed by atoms with Crippen LogP contribution in [0, 0.1) is 6.92 Å². The number of nitrogens with zero attached hydrogens (tertiary/aromatic N) is 2. The summed E-state index contributed by atoms with van der Waals surface area (Å²) in [6.45, 7) is 7.09. The Morgan fingerprint density at radius 3 is 3.00 bits per heavy atom. The second kappa shape index (κ2) is 4.37. The average molecular weight is 221 g/mol. The van der Waals surface area contributed by atoms with Crippen LogP contribution in [0.2, 0.25) is 0 Å². The molecular formula is C12H19N3O. The molecule has 1 atom stereocenters. The molecule has 1 aliphatic heterocycles. The molecule has 16 heavy (non-hydrogen) atoms. The van der Waals surface area contributed by atoms with Gasteiger partial charge in [0.1, 0.15) is 5.82 Å². The Balaban J connectivity index is 1.99. The van der Waals surface area contributed by atoms with Crippen LogP contribution in [0.25, 0.3) is 0 Å². The van der Waals surface area contributed by atoms with Crippen molar-refractivity contribution in [2.24, 2.45) is 0 Å². The monoisotopic (exact) mass is 221 g/mol. The first-order valence-corrected chi connectivity index (χ1v) is 5.75. The molecule has 1 unspecified atom stereocenters. The van der Waals surface area contributed by atoms with Crippen LogP contribution in [0.4, 0.5) is 5.82 Å². The van der Waals surface area contributed by atoms with Crippen LogP contribution >= 0.6 is 0 Å². The van der Waals surface area contributed by atoms with E-state index in [-0.39, 0.29) is 5.60 Å². The molecule has 1 aliphatic rings. The molecule has 0 saturated carbocycles. The summed E-state index contributed by atoms with van der Waals surface area (Å²) in [6.07, 6.45) is 3.79. The molecule has 0 amide bonds. The van der Waals surface area contributed by atoms with Crippen molar-refractivity contribution < 1.29 is 4.74 Å². The van der Waals surface area contributed by atoms with E-state index in [1.165, 1.54) is 0 Å². The van der Waals surface area contributed by atoms with E-state index in [4.69, 9.17) is 4.74 Å². The van der Waals surface area contributed by atoms with E-state index < -0.39 is 0 Å². The lowest BCUT2D eigenvalue weighted by atomic mass is 9.94. The van der Waals surface area contributed by atoms with Gasteiger partial charge in [-0.3, -0.25) is 0 Å². The van der Waals surface area contributed by atoms with Crippen molar-refractivity contribution in [2.45, 2.75) is 45.3 Å². The largest absolute Gasteiger partial charge is 0.375 e. The highest BCUT2D eigenvalue weighted by atomic mass is 16.5. The van der Waals surface area contributed by atoms with Crippen LogP contribution < -0.4 is 5.32 Å². The molecule has 2 heterocycles. The van der Waals surface area contributed by atoms with E-state index >= 15 is 0 Å². The minimum atomic E-state index is -0.0346. The van der Waals surface area contributed by atoms with Crippen LogP contribution in [0.3, 0.4) is 0 Å². The Bertz CT molecular complexity index is 365. The molecular weight excluding hydrogens is 202 g/mol. The lowest BCUT2D eigenvalue weighted by Gasteiger charge is -2.35. The normalized spacial score (nSPS) is 24.1. The number of hydrogen-bond donors (Lipinski definition) is 1. The van der Waals surface area contributed by atoms with Crippen molar-refractivity contribution in [1.29, 1.82) is 0 Å². The first-order chi connectivity index (χ1) is 7.55. The molecule has 2 rings (SSSR count). The van der Waals surface area contributed by atoms with Gasteiger partial charge in [0.2, 0.25) is 0 Å². The lowest BCUT2D eigenvalue weighted by Crippen LogP contribution is -2.40. The fraction of sp³-hybridized carbons (Fsp3) is 0.667. The van der Waals surface area contributed by atoms with E-state index in [0.717, 1.165) is 30.8 Å². The van der Waals surface area contributed by atoms with Gasteiger partial charge in [0.25, 0.3) is 0 Å². The molecule has 0 bridgehead atoms. The molecule has 1 aromatic rings. The molecule has 1 N–H and O–H groups in total. The predicted molar refractivity (Wildman–Crippen MR) is 63.4 cm³/mol. The topological polar surface area (TPSA) is 47.0 Å². The van der Waals surface area contributed by atoms with Gasteiger partial charge in [-0.1, -0.05) is 0 Å². The first-order valence-electron chi connectivity index (χ1n) is 5.75. The second-order valence-corrected chi connectivity index (χ2v) is 5.06. The van der Waals surface area contributed by atoms with Crippen molar-refractivity contribution in [1.82, 2.24) is 10.2 Å². The van der Waals surface area contributed by atoms with Gasteiger partial charge < -0.3 is 10.1 Å². The maximum atomic E-state index is 5.68. The number of aromatic nitrogens is 2. The summed E-state index contributed by atoms with van der Waals surface area (Å²) in [7, 11) is 0. The summed E-state index contributed by atoms with van der Waals surface area (Å²) in [5, 5.41) is 11.4. The molecule has 0 radical (unpaired) electrons. The molecule has 4 nitrogen and oxygen atoms in total. The average Bonchev–Trinajstić information content (AvgIpc) is 2.15. The molecule has 0 aromatic carbocycles. The Kier molecular flexibility index (Phi) is 3.10. The third-order valence-electron chi connectivity index (χ3n) is 2.84. The molecule has 88 valence electrons. The van der Waals surface area contributed by atoms with Crippen molar-refractivity contribution in [2.75, 3.05) is 11.9 Å². The quantitative estimate of drug-likeness (QED) is 0.831. The Labute approximate surface area is 96.4 Å². The van der Waals surface area contributed by atoms with Gasteiger partial charge in [-0.2, -0.15) is 5.10 Å². The molecule has 4 heteroatoms. The number of anilines is 1. The van der Waals surface area contributed by atoms with Gasteiger partial charge in [0.05, 0.1) is 11.8 Å². The Hall–Kier alpha value is -1.16. The zero-order valence-corrected chi connectivity index (χ0v) is 10.2. The van der Waals surface area contributed by atoms with Crippen molar-refractivity contribution in [3.05, 3.63) is 17.8 Å². The van der Waals surface area contributed by atoms with Gasteiger partial charge in [-0.05, 0) is 45.2 Å². The second-order valence-electron chi connectivity index (χ2n) is 5.06. The van der Waals surface area contributed by atoms with Crippen LogP contribution in [-0.2, 0) is 4.74 Å². The van der Waals surface area contributed by atoms with E-state index in [2.05, 4.69) is 29.4 Å². The zero-order chi connectivity index (χ0) is 11.6. The SMILES string of the molecule is Cc1cnnc(NC2CCOC(C)(C)C2)c1.